The fourth-order valence-corrected chi connectivity index (χ4v) is 3.89. The van der Waals surface area contributed by atoms with Gasteiger partial charge in [-0.3, -0.25) is 0 Å². The molecule has 0 atom stereocenters. The van der Waals surface area contributed by atoms with Crippen molar-refractivity contribution in [2.75, 3.05) is 5.88 Å². The second-order valence-corrected chi connectivity index (χ2v) is 6.25. The van der Waals surface area contributed by atoms with Crippen LogP contribution in [0.1, 0.15) is 5.56 Å². The average Bonchev–Trinajstić information content (AvgIpc) is 2.62. The van der Waals surface area contributed by atoms with Gasteiger partial charge in [0.05, 0.1) is 5.56 Å². The third kappa shape index (κ3) is 2.46. The number of thioether (sulfide) groups is 1. The van der Waals surface area contributed by atoms with Crippen molar-refractivity contribution in [1.29, 1.82) is 0 Å². The SMILES string of the molecule is C1=[N+](c2ccccc2)CSc2c1cccc2-c1ccccc1. The minimum Gasteiger partial charge on any atom is -0.188 e. The number of para-hydroxylation sites is 1. The highest BCUT2D eigenvalue weighted by Gasteiger charge is 2.21. The van der Waals surface area contributed by atoms with Gasteiger partial charge in [-0.25, -0.2) is 0 Å². The Balaban J connectivity index is 1.80. The highest BCUT2D eigenvalue weighted by molar-refractivity contribution is 7.99. The zero-order valence-corrected chi connectivity index (χ0v) is 13.0. The van der Waals surface area contributed by atoms with Crippen LogP contribution < -0.4 is 0 Å². The molecule has 1 aliphatic rings. The van der Waals surface area contributed by atoms with Crippen molar-refractivity contribution in [1.82, 2.24) is 0 Å². The number of fused-ring (bicyclic) bond motifs is 1. The Labute approximate surface area is 134 Å². The summed E-state index contributed by atoms with van der Waals surface area (Å²) in [6.07, 6.45) is 2.26. The summed E-state index contributed by atoms with van der Waals surface area (Å²) >= 11 is 1.91. The summed E-state index contributed by atoms with van der Waals surface area (Å²) in [6, 6.07) is 27.7. The molecule has 0 unspecified atom stereocenters. The van der Waals surface area contributed by atoms with Gasteiger partial charge in [0.2, 0.25) is 5.69 Å². The Hall–Kier alpha value is -2.32. The van der Waals surface area contributed by atoms with Crippen LogP contribution >= 0.6 is 11.8 Å². The fourth-order valence-electron chi connectivity index (χ4n) is 2.77. The smallest absolute Gasteiger partial charge is 0.188 e. The van der Waals surface area contributed by atoms with Gasteiger partial charge in [-0.2, -0.15) is 4.58 Å². The molecule has 0 fully saturated rings. The molecule has 22 heavy (non-hydrogen) atoms. The summed E-state index contributed by atoms with van der Waals surface area (Å²) in [6.45, 7) is 0. The molecule has 0 aromatic heterocycles. The van der Waals surface area contributed by atoms with Crippen LogP contribution in [-0.2, 0) is 0 Å². The Morgan fingerprint density at radius 1 is 0.727 bits per heavy atom. The summed E-state index contributed by atoms with van der Waals surface area (Å²) in [4.78, 5) is 1.38. The minimum absolute atomic E-state index is 0.945. The van der Waals surface area contributed by atoms with Crippen molar-refractivity contribution in [2.24, 2.45) is 0 Å². The number of benzene rings is 3. The van der Waals surface area contributed by atoms with E-state index >= 15 is 0 Å². The molecule has 0 spiro atoms. The number of hydrogen-bond acceptors (Lipinski definition) is 1. The quantitative estimate of drug-likeness (QED) is 0.589. The first-order valence-electron chi connectivity index (χ1n) is 7.39. The maximum absolute atomic E-state index is 2.31. The molecule has 0 radical (unpaired) electrons. The molecular weight excluding hydrogens is 286 g/mol. The molecule has 0 amide bonds. The van der Waals surface area contributed by atoms with Gasteiger partial charge in [-0.1, -0.05) is 72.4 Å². The maximum Gasteiger partial charge on any atom is 0.205 e. The molecule has 0 saturated carbocycles. The Morgan fingerprint density at radius 2 is 1.45 bits per heavy atom. The standard InChI is InChI=1S/C20H16NS/c1-3-8-16(9-4-1)19-13-7-10-17-14-21(15-22-20(17)19)18-11-5-2-6-12-18/h1-14H,15H2/q+1. The van der Waals surface area contributed by atoms with Gasteiger partial charge in [-0.15, -0.1) is 0 Å². The van der Waals surface area contributed by atoms with Crippen LogP contribution in [0.25, 0.3) is 11.1 Å². The molecule has 0 bridgehead atoms. The van der Waals surface area contributed by atoms with Crippen LogP contribution in [0.15, 0.2) is 83.8 Å². The van der Waals surface area contributed by atoms with E-state index in [0.29, 0.717) is 0 Å². The van der Waals surface area contributed by atoms with Gasteiger partial charge in [-0.05, 0) is 17.2 Å². The first-order chi connectivity index (χ1) is 10.9. The van der Waals surface area contributed by atoms with Crippen molar-refractivity contribution in [3.05, 3.63) is 84.4 Å². The lowest BCUT2D eigenvalue weighted by molar-refractivity contribution is -0.411. The normalized spacial score (nSPS) is 13.4. The van der Waals surface area contributed by atoms with E-state index in [1.165, 1.54) is 27.3 Å². The van der Waals surface area contributed by atoms with Crippen LogP contribution in [0, 0.1) is 0 Å². The van der Waals surface area contributed by atoms with E-state index in [9.17, 15) is 0 Å². The predicted molar refractivity (Wildman–Crippen MR) is 94.1 cm³/mol. The van der Waals surface area contributed by atoms with Crippen LogP contribution in [0.3, 0.4) is 0 Å². The van der Waals surface area contributed by atoms with Gasteiger partial charge >= 0.3 is 0 Å². The summed E-state index contributed by atoms with van der Waals surface area (Å²) in [5.74, 6) is 0.945. The van der Waals surface area contributed by atoms with Crippen molar-refractivity contribution in [2.45, 2.75) is 4.90 Å². The molecule has 0 N–H and O–H groups in total. The molecule has 1 aliphatic heterocycles. The number of rotatable bonds is 2. The van der Waals surface area contributed by atoms with E-state index in [2.05, 4.69) is 89.7 Å². The third-order valence-corrected chi connectivity index (χ3v) is 5.01. The van der Waals surface area contributed by atoms with Crippen LogP contribution in [0.5, 0.6) is 0 Å². The second-order valence-electron chi connectivity index (χ2n) is 5.30. The highest BCUT2D eigenvalue weighted by Crippen LogP contribution is 2.36. The lowest BCUT2D eigenvalue weighted by Crippen LogP contribution is -2.13. The van der Waals surface area contributed by atoms with Gasteiger partial charge in [0.15, 0.2) is 12.1 Å². The van der Waals surface area contributed by atoms with Crippen LogP contribution in [-0.4, -0.2) is 16.7 Å². The first-order valence-corrected chi connectivity index (χ1v) is 8.38. The van der Waals surface area contributed by atoms with E-state index in [4.69, 9.17) is 0 Å². The molecule has 1 heterocycles. The van der Waals surface area contributed by atoms with Gasteiger partial charge < -0.3 is 0 Å². The minimum atomic E-state index is 0.945. The van der Waals surface area contributed by atoms with Gasteiger partial charge in [0, 0.05) is 17.0 Å². The Kier molecular flexibility index (Phi) is 3.53. The topological polar surface area (TPSA) is 3.01 Å². The molecule has 0 saturated heterocycles. The van der Waals surface area contributed by atoms with E-state index in [1.54, 1.807) is 0 Å². The van der Waals surface area contributed by atoms with Gasteiger partial charge in [0.25, 0.3) is 0 Å². The summed E-state index contributed by atoms with van der Waals surface area (Å²) in [5.41, 5.74) is 5.15. The lowest BCUT2D eigenvalue weighted by atomic mass is 10.0. The molecule has 2 heteroatoms. The number of nitrogens with zero attached hydrogens (tertiary/aromatic N) is 1. The van der Waals surface area contributed by atoms with Crippen LogP contribution in [0.4, 0.5) is 5.69 Å². The molecule has 3 aromatic carbocycles. The third-order valence-electron chi connectivity index (χ3n) is 3.86. The summed E-state index contributed by atoms with van der Waals surface area (Å²) in [5, 5.41) is 0. The van der Waals surface area contributed by atoms with Crippen molar-refractivity contribution in [3.8, 4) is 11.1 Å². The summed E-state index contributed by atoms with van der Waals surface area (Å²) < 4.78 is 2.31. The Morgan fingerprint density at radius 3 is 2.23 bits per heavy atom. The highest BCUT2D eigenvalue weighted by atomic mass is 32.2. The van der Waals surface area contributed by atoms with E-state index in [1.807, 2.05) is 11.8 Å². The maximum atomic E-state index is 2.31. The predicted octanol–water partition coefficient (Wildman–Crippen LogP) is 5.18. The van der Waals surface area contributed by atoms with Crippen LogP contribution in [0.2, 0.25) is 0 Å². The lowest BCUT2D eigenvalue weighted by Gasteiger charge is -2.15. The van der Waals surface area contributed by atoms with Crippen molar-refractivity contribution < 1.29 is 4.58 Å². The fraction of sp³-hybridized carbons (Fsp3) is 0.0500. The molecule has 0 aliphatic carbocycles. The molecule has 3 aromatic rings. The monoisotopic (exact) mass is 302 g/mol. The molecular formula is C20H16NS+. The average molecular weight is 302 g/mol. The van der Waals surface area contributed by atoms with E-state index in [0.717, 1.165) is 5.88 Å². The largest absolute Gasteiger partial charge is 0.205 e. The molecule has 4 rings (SSSR count). The second kappa shape index (κ2) is 5.82. The zero-order chi connectivity index (χ0) is 14.8. The van der Waals surface area contributed by atoms with E-state index in [-0.39, 0.29) is 0 Å². The molecule has 1 nitrogen and oxygen atoms in total. The first kappa shape index (κ1) is 13.4. The van der Waals surface area contributed by atoms with Crippen molar-refractivity contribution >= 4 is 23.7 Å². The van der Waals surface area contributed by atoms with Gasteiger partial charge in [0.1, 0.15) is 0 Å². The molecule has 106 valence electrons. The summed E-state index contributed by atoms with van der Waals surface area (Å²) in [7, 11) is 0. The van der Waals surface area contributed by atoms with Crippen molar-refractivity contribution in [3.63, 3.8) is 0 Å². The zero-order valence-electron chi connectivity index (χ0n) is 12.1. The number of hydrogen-bond donors (Lipinski definition) is 0. The van der Waals surface area contributed by atoms with E-state index < -0.39 is 0 Å². The Bertz CT molecular complexity index is 823.